The van der Waals surface area contributed by atoms with Gasteiger partial charge < -0.3 is 9.47 Å². The van der Waals surface area contributed by atoms with Crippen LogP contribution in [0.3, 0.4) is 0 Å². The summed E-state index contributed by atoms with van der Waals surface area (Å²) in [6.45, 7) is 0.371. The molecule has 0 heterocycles. The number of methoxy groups -OCH3 is 1. The standard InChI is InChI=1S/C22H18ClIN2O3/c1-28-20-12-16(13-25-26-22(27)17-7-9-18(24)10-8-17)11-19(23)21(20)29-14-15-5-3-2-4-6-15/h2-13H,14H2,1H3,(H,26,27)/b25-13-. The summed E-state index contributed by atoms with van der Waals surface area (Å²) in [4.78, 5) is 12.1. The summed E-state index contributed by atoms with van der Waals surface area (Å²) < 4.78 is 12.3. The van der Waals surface area contributed by atoms with E-state index in [-0.39, 0.29) is 5.91 Å². The molecule has 1 amide bonds. The summed E-state index contributed by atoms with van der Waals surface area (Å²) in [6.07, 6.45) is 1.50. The van der Waals surface area contributed by atoms with Crippen LogP contribution in [-0.2, 0) is 6.61 Å². The molecule has 7 heteroatoms. The number of nitrogens with one attached hydrogen (secondary N) is 1. The molecule has 0 aliphatic carbocycles. The first kappa shape index (κ1) is 21.1. The molecule has 0 aromatic heterocycles. The van der Waals surface area contributed by atoms with Crippen LogP contribution in [0.1, 0.15) is 21.5 Å². The third kappa shape index (κ3) is 5.95. The first-order valence-electron chi connectivity index (χ1n) is 8.70. The predicted octanol–water partition coefficient (Wildman–Crippen LogP) is 5.30. The maximum atomic E-state index is 12.1. The van der Waals surface area contributed by atoms with Crippen LogP contribution in [0.5, 0.6) is 11.5 Å². The summed E-state index contributed by atoms with van der Waals surface area (Å²) in [5.41, 5.74) is 4.72. The molecule has 1 N–H and O–H groups in total. The number of rotatable bonds is 7. The second-order valence-electron chi connectivity index (χ2n) is 6.01. The Bertz CT molecular complexity index is 1010. The van der Waals surface area contributed by atoms with Crippen molar-refractivity contribution >= 4 is 46.3 Å². The highest BCUT2D eigenvalue weighted by molar-refractivity contribution is 14.1. The zero-order chi connectivity index (χ0) is 20.6. The monoisotopic (exact) mass is 520 g/mol. The molecule has 0 unspecified atom stereocenters. The molecular weight excluding hydrogens is 503 g/mol. The van der Waals surface area contributed by atoms with Crippen molar-refractivity contribution < 1.29 is 14.3 Å². The van der Waals surface area contributed by atoms with Crippen LogP contribution in [0.4, 0.5) is 0 Å². The zero-order valence-corrected chi connectivity index (χ0v) is 18.5. The molecule has 0 atom stereocenters. The minimum Gasteiger partial charge on any atom is -0.493 e. The number of hydrazone groups is 1. The summed E-state index contributed by atoms with van der Waals surface area (Å²) in [7, 11) is 1.54. The van der Waals surface area contributed by atoms with E-state index in [9.17, 15) is 4.79 Å². The zero-order valence-electron chi connectivity index (χ0n) is 15.6. The third-order valence-corrected chi connectivity index (χ3v) is 4.96. The maximum absolute atomic E-state index is 12.1. The van der Waals surface area contributed by atoms with Gasteiger partial charge in [0.25, 0.3) is 5.91 Å². The fraction of sp³-hybridized carbons (Fsp3) is 0.0909. The lowest BCUT2D eigenvalue weighted by molar-refractivity contribution is 0.0955. The lowest BCUT2D eigenvalue weighted by Crippen LogP contribution is -2.17. The minimum absolute atomic E-state index is 0.293. The van der Waals surface area contributed by atoms with Crippen LogP contribution in [0.2, 0.25) is 5.02 Å². The van der Waals surface area contributed by atoms with Gasteiger partial charge >= 0.3 is 0 Å². The van der Waals surface area contributed by atoms with Gasteiger partial charge in [0, 0.05) is 9.13 Å². The van der Waals surface area contributed by atoms with Gasteiger partial charge in [-0.3, -0.25) is 4.79 Å². The van der Waals surface area contributed by atoms with E-state index in [1.807, 2.05) is 42.5 Å². The van der Waals surface area contributed by atoms with Crippen molar-refractivity contribution in [2.45, 2.75) is 6.61 Å². The number of benzene rings is 3. The quantitative estimate of drug-likeness (QED) is 0.261. The SMILES string of the molecule is COc1cc(/C=N\NC(=O)c2ccc(I)cc2)cc(Cl)c1OCc1ccccc1. The number of carbonyl (C=O) groups excluding carboxylic acids is 1. The number of nitrogens with zero attached hydrogens (tertiary/aromatic N) is 1. The van der Waals surface area contributed by atoms with E-state index >= 15 is 0 Å². The molecule has 29 heavy (non-hydrogen) atoms. The highest BCUT2D eigenvalue weighted by atomic mass is 127. The first-order valence-corrected chi connectivity index (χ1v) is 10.2. The number of hydrogen-bond donors (Lipinski definition) is 1. The van der Waals surface area contributed by atoms with Gasteiger partial charge in [0.05, 0.1) is 18.3 Å². The normalized spacial score (nSPS) is 10.7. The van der Waals surface area contributed by atoms with Gasteiger partial charge in [-0.2, -0.15) is 5.10 Å². The summed E-state index contributed by atoms with van der Waals surface area (Å²) in [5.74, 6) is 0.649. The molecular formula is C22H18ClIN2O3. The van der Waals surface area contributed by atoms with E-state index in [2.05, 4.69) is 33.1 Å². The molecule has 3 aromatic carbocycles. The van der Waals surface area contributed by atoms with Crippen LogP contribution in [-0.4, -0.2) is 19.2 Å². The molecule has 0 aliphatic heterocycles. The van der Waals surface area contributed by atoms with Crippen molar-refractivity contribution in [1.82, 2.24) is 5.43 Å². The fourth-order valence-corrected chi connectivity index (χ4v) is 3.15. The molecule has 148 valence electrons. The van der Waals surface area contributed by atoms with Gasteiger partial charge in [-0.1, -0.05) is 41.9 Å². The van der Waals surface area contributed by atoms with Gasteiger partial charge in [-0.15, -0.1) is 0 Å². The van der Waals surface area contributed by atoms with Gasteiger partial charge in [-0.05, 0) is 70.1 Å². The van der Waals surface area contributed by atoms with E-state index in [1.54, 1.807) is 31.4 Å². The molecule has 0 saturated heterocycles. The summed E-state index contributed by atoms with van der Waals surface area (Å²) in [6, 6.07) is 20.4. The van der Waals surface area contributed by atoms with Crippen LogP contribution in [0, 0.1) is 3.57 Å². The summed E-state index contributed by atoms with van der Waals surface area (Å²) >= 11 is 8.56. The largest absolute Gasteiger partial charge is 0.493 e. The van der Waals surface area contributed by atoms with Crippen molar-refractivity contribution in [1.29, 1.82) is 0 Å². The fourth-order valence-electron chi connectivity index (χ4n) is 2.52. The Morgan fingerprint density at radius 1 is 1.14 bits per heavy atom. The van der Waals surface area contributed by atoms with Crippen LogP contribution in [0.25, 0.3) is 0 Å². The Morgan fingerprint density at radius 3 is 2.55 bits per heavy atom. The number of ether oxygens (including phenoxy) is 2. The average molecular weight is 521 g/mol. The van der Waals surface area contributed by atoms with Crippen molar-refractivity contribution in [3.63, 3.8) is 0 Å². The number of halogens is 2. The Morgan fingerprint density at radius 2 is 1.86 bits per heavy atom. The summed E-state index contributed by atoms with van der Waals surface area (Å²) in [5, 5.41) is 4.39. The molecule has 0 aliphatic rings. The molecule has 3 rings (SSSR count). The van der Waals surface area contributed by atoms with Gasteiger partial charge in [0.2, 0.25) is 0 Å². The molecule has 0 saturated carbocycles. The number of hydrogen-bond acceptors (Lipinski definition) is 4. The third-order valence-electron chi connectivity index (χ3n) is 3.96. The maximum Gasteiger partial charge on any atom is 0.271 e. The van der Waals surface area contributed by atoms with E-state index in [0.29, 0.717) is 34.3 Å². The Kier molecular flexibility index (Phi) is 7.48. The molecule has 0 bridgehead atoms. The molecule has 5 nitrogen and oxygen atoms in total. The van der Waals surface area contributed by atoms with Crippen LogP contribution in [0.15, 0.2) is 71.8 Å². The minimum atomic E-state index is -0.293. The first-order chi connectivity index (χ1) is 14.1. The lowest BCUT2D eigenvalue weighted by atomic mass is 10.2. The van der Waals surface area contributed by atoms with E-state index < -0.39 is 0 Å². The van der Waals surface area contributed by atoms with Crippen molar-refractivity contribution in [3.8, 4) is 11.5 Å². The second kappa shape index (κ2) is 10.3. The highest BCUT2D eigenvalue weighted by Gasteiger charge is 2.12. The average Bonchev–Trinajstić information content (AvgIpc) is 2.73. The Balaban J connectivity index is 1.68. The van der Waals surface area contributed by atoms with Gasteiger partial charge in [-0.25, -0.2) is 5.43 Å². The predicted molar refractivity (Wildman–Crippen MR) is 123 cm³/mol. The van der Waals surface area contributed by atoms with E-state index in [0.717, 1.165) is 9.13 Å². The highest BCUT2D eigenvalue weighted by Crippen LogP contribution is 2.36. The lowest BCUT2D eigenvalue weighted by Gasteiger charge is -2.13. The Hall–Kier alpha value is -2.58. The molecule has 0 fully saturated rings. The van der Waals surface area contributed by atoms with Crippen molar-refractivity contribution in [2.75, 3.05) is 7.11 Å². The second-order valence-corrected chi connectivity index (χ2v) is 7.67. The van der Waals surface area contributed by atoms with Crippen molar-refractivity contribution in [2.24, 2.45) is 5.10 Å². The van der Waals surface area contributed by atoms with Crippen LogP contribution >= 0.6 is 34.2 Å². The van der Waals surface area contributed by atoms with E-state index in [4.69, 9.17) is 21.1 Å². The Labute approximate surface area is 187 Å². The van der Waals surface area contributed by atoms with Crippen LogP contribution < -0.4 is 14.9 Å². The molecule has 3 aromatic rings. The number of amides is 1. The molecule has 0 radical (unpaired) electrons. The molecule has 0 spiro atoms. The van der Waals surface area contributed by atoms with Crippen molar-refractivity contribution in [3.05, 3.63) is 92.0 Å². The van der Waals surface area contributed by atoms with Gasteiger partial charge in [0.15, 0.2) is 11.5 Å². The van der Waals surface area contributed by atoms with E-state index in [1.165, 1.54) is 6.21 Å². The van der Waals surface area contributed by atoms with Gasteiger partial charge in [0.1, 0.15) is 6.61 Å². The smallest absolute Gasteiger partial charge is 0.271 e. The number of carbonyl (C=O) groups is 1. The topological polar surface area (TPSA) is 59.9 Å².